The minimum absolute atomic E-state index is 0.0892. The summed E-state index contributed by atoms with van der Waals surface area (Å²) < 4.78 is 22.6. The molecule has 0 aromatic heterocycles. The Morgan fingerprint density at radius 1 is 1.12 bits per heavy atom. The second-order valence-corrected chi connectivity index (χ2v) is 12.6. The first-order valence-corrected chi connectivity index (χ1v) is 12.1. The lowest BCUT2D eigenvalue weighted by Crippen LogP contribution is -2.44. The van der Waals surface area contributed by atoms with Crippen molar-refractivity contribution < 1.29 is 23.4 Å². The van der Waals surface area contributed by atoms with Crippen LogP contribution in [0.2, 0.25) is 18.1 Å². The zero-order valence-electron chi connectivity index (χ0n) is 17.0. The molecule has 1 aromatic rings. The van der Waals surface area contributed by atoms with Crippen molar-refractivity contribution in [3.63, 3.8) is 0 Å². The highest BCUT2D eigenvalue weighted by molar-refractivity contribution is 6.74. The summed E-state index contributed by atoms with van der Waals surface area (Å²) in [6.07, 6.45) is -0.308. The Hall–Kier alpha value is -1.21. The van der Waals surface area contributed by atoms with Crippen molar-refractivity contribution in [2.45, 2.75) is 58.5 Å². The van der Waals surface area contributed by atoms with Gasteiger partial charge in [0.05, 0.1) is 26.4 Å². The monoisotopic (exact) mass is 382 g/mol. The van der Waals surface area contributed by atoms with Gasteiger partial charge in [-0.2, -0.15) is 0 Å². The van der Waals surface area contributed by atoms with Gasteiger partial charge in [0.15, 0.2) is 8.32 Å². The van der Waals surface area contributed by atoms with Gasteiger partial charge >= 0.3 is 5.97 Å². The summed E-state index contributed by atoms with van der Waals surface area (Å²) in [5.74, 6) is -0.368. The maximum Gasteiger partial charge on any atom is 0.332 e. The normalized spacial score (nSPS) is 13.5. The maximum atomic E-state index is 11.6. The summed E-state index contributed by atoms with van der Waals surface area (Å²) in [6.45, 7) is 14.3. The van der Waals surface area contributed by atoms with E-state index in [2.05, 4.69) is 33.9 Å². The lowest BCUT2D eigenvalue weighted by molar-refractivity contribution is -0.152. The van der Waals surface area contributed by atoms with Gasteiger partial charge in [0.25, 0.3) is 0 Å². The van der Waals surface area contributed by atoms with E-state index in [-0.39, 0.29) is 23.7 Å². The standard InChI is InChI=1S/C20H34O5Si/c1-7-23-19(21)16-24-18(15-25-26(5,6)20(2,3)4)14-22-13-17-11-9-8-10-12-17/h8-12,18H,7,13-16H2,1-6H3. The van der Waals surface area contributed by atoms with Crippen molar-refractivity contribution >= 4 is 14.3 Å². The van der Waals surface area contributed by atoms with E-state index in [0.29, 0.717) is 26.4 Å². The molecular formula is C20H34O5Si. The van der Waals surface area contributed by atoms with Crippen molar-refractivity contribution in [2.75, 3.05) is 26.4 Å². The third kappa shape index (κ3) is 8.45. The lowest BCUT2D eigenvalue weighted by atomic mass is 10.2. The van der Waals surface area contributed by atoms with Crippen LogP contribution in [-0.2, 0) is 30.0 Å². The average molecular weight is 383 g/mol. The quantitative estimate of drug-likeness (QED) is 0.425. The highest BCUT2D eigenvalue weighted by atomic mass is 28.4. The van der Waals surface area contributed by atoms with Gasteiger partial charge in [0.2, 0.25) is 0 Å². The van der Waals surface area contributed by atoms with Crippen LogP contribution in [0.25, 0.3) is 0 Å². The third-order valence-electron chi connectivity index (χ3n) is 4.59. The van der Waals surface area contributed by atoms with Gasteiger partial charge < -0.3 is 18.6 Å². The van der Waals surface area contributed by atoms with Crippen molar-refractivity contribution in [3.8, 4) is 0 Å². The molecule has 0 saturated heterocycles. The summed E-state index contributed by atoms with van der Waals surface area (Å²) in [5.41, 5.74) is 1.10. The topological polar surface area (TPSA) is 54.0 Å². The Morgan fingerprint density at radius 3 is 2.35 bits per heavy atom. The van der Waals surface area contributed by atoms with Crippen LogP contribution in [0.4, 0.5) is 0 Å². The van der Waals surface area contributed by atoms with Gasteiger partial charge in [0.1, 0.15) is 12.7 Å². The fourth-order valence-electron chi connectivity index (χ4n) is 1.93. The van der Waals surface area contributed by atoms with Crippen LogP contribution in [-0.4, -0.2) is 46.8 Å². The number of esters is 1. The molecule has 1 aromatic carbocycles. The number of carbonyl (C=O) groups excluding carboxylic acids is 1. The minimum atomic E-state index is -1.89. The largest absolute Gasteiger partial charge is 0.464 e. The first-order chi connectivity index (χ1) is 12.2. The molecule has 1 unspecified atom stereocenters. The Balaban J connectivity index is 2.55. The molecule has 0 N–H and O–H groups in total. The van der Waals surface area contributed by atoms with E-state index < -0.39 is 8.32 Å². The zero-order valence-corrected chi connectivity index (χ0v) is 18.0. The zero-order chi connectivity index (χ0) is 19.6. The average Bonchev–Trinajstić information content (AvgIpc) is 2.57. The Kier molecular flexibility index (Phi) is 9.50. The summed E-state index contributed by atoms with van der Waals surface area (Å²) in [6, 6.07) is 9.96. The molecule has 0 saturated carbocycles. The molecule has 6 heteroatoms. The van der Waals surface area contributed by atoms with Gasteiger partial charge in [-0.15, -0.1) is 0 Å². The molecule has 0 bridgehead atoms. The summed E-state index contributed by atoms with van der Waals surface area (Å²) in [7, 11) is -1.89. The molecule has 1 atom stereocenters. The Morgan fingerprint density at radius 2 is 1.77 bits per heavy atom. The highest BCUT2D eigenvalue weighted by Gasteiger charge is 2.37. The summed E-state index contributed by atoms with van der Waals surface area (Å²) >= 11 is 0. The fourth-order valence-corrected chi connectivity index (χ4v) is 2.97. The van der Waals surface area contributed by atoms with Gasteiger partial charge in [-0.25, -0.2) is 4.79 Å². The van der Waals surface area contributed by atoms with E-state index in [1.165, 1.54) is 0 Å². The van der Waals surface area contributed by atoms with E-state index in [1.54, 1.807) is 6.92 Å². The Bertz CT molecular complexity index is 525. The van der Waals surface area contributed by atoms with Crippen LogP contribution in [0.5, 0.6) is 0 Å². The molecule has 0 amide bonds. The molecular weight excluding hydrogens is 348 g/mol. The van der Waals surface area contributed by atoms with Crippen molar-refractivity contribution in [3.05, 3.63) is 35.9 Å². The van der Waals surface area contributed by atoms with Gasteiger partial charge in [-0.3, -0.25) is 0 Å². The van der Waals surface area contributed by atoms with Gasteiger partial charge in [-0.1, -0.05) is 51.1 Å². The second-order valence-electron chi connectivity index (χ2n) is 7.81. The van der Waals surface area contributed by atoms with E-state index >= 15 is 0 Å². The predicted molar refractivity (Wildman–Crippen MR) is 106 cm³/mol. The van der Waals surface area contributed by atoms with Crippen LogP contribution in [0.1, 0.15) is 33.3 Å². The van der Waals surface area contributed by atoms with Crippen LogP contribution in [0, 0.1) is 0 Å². The summed E-state index contributed by atoms with van der Waals surface area (Å²) in [5, 5.41) is 0.115. The van der Waals surface area contributed by atoms with E-state index in [0.717, 1.165) is 5.56 Å². The second kappa shape index (κ2) is 10.8. The van der Waals surface area contributed by atoms with E-state index in [9.17, 15) is 4.79 Å². The molecule has 0 heterocycles. The van der Waals surface area contributed by atoms with Crippen LogP contribution in [0.3, 0.4) is 0 Å². The van der Waals surface area contributed by atoms with E-state index in [4.69, 9.17) is 18.6 Å². The predicted octanol–water partition coefficient (Wildman–Crippen LogP) is 4.17. The molecule has 0 radical (unpaired) electrons. The number of carbonyl (C=O) groups is 1. The molecule has 0 aliphatic rings. The van der Waals surface area contributed by atoms with E-state index in [1.807, 2.05) is 30.3 Å². The molecule has 0 spiro atoms. The van der Waals surface area contributed by atoms with Crippen LogP contribution in [0.15, 0.2) is 30.3 Å². The molecule has 148 valence electrons. The smallest absolute Gasteiger partial charge is 0.332 e. The molecule has 26 heavy (non-hydrogen) atoms. The minimum Gasteiger partial charge on any atom is -0.464 e. The number of hydrogen-bond acceptors (Lipinski definition) is 5. The van der Waals surface area contributed by atoms with Gasteiger partial charge in [-0.05, 0) is 30.6 Å². The third-order valence-corrected chi connectivity index (χ3v) is 9.09. The lowest BCUT2D eigenvalue weighted by Gasteiger charge is -2.37. The van der Waals surface area contributed by atoms with Crippen molar-refractivity contribution in [1.29, 1.82) is 0 Å². The summed E-state index contributed by atoms with van der Waals surface area (Å²) in [4.78, 5) is 11.6. The molecule has 0 aliphatic heterocycles. The fraction of sp³-hybridized carbons (Fsp3) is 0.650. The number of rotatable bonds is 11. The first kappa shape index (κ1) is 22.8. The molecule has 0 fully saturated rings. The SMILES string of the molecule is CCOC(=O)COC(COCc1ccccc1)CO[Si](C)(C)C(C)(C)C. The first-order valence-electron chi connectivity index (χ1n) is 9.18. The number of benzene rings is 1. The Labute approximate surface area is 159 Å². The molecule has 5 nitrogen and oxygen atoms in total. The van der Waals surface area contributed by atoms with Crippen molar-refractivity contribution in [1.82, 2.24) is 0 Å². The highest BCUT2D eigenvalue weighted by Crippen LogP contribution is 2.36. The maximum absolute atomic E-state index is 11.6. The van der Waals surface area contributed by atoms with Crippen LogP contribution < -0.4 is 0 Å². The van der Waals surface area contributed by atoms with Crippen LogP contribution >= 0.6 is 0 Å². The number of ether oxygens (including phenoxy) is 3. The number of hydrogen-bond donors (Lipinski definition) is 0. The van der Waals surface area contributed by atoms with Crippen molar-refractivity contribution in [2.24, 2.45) is 0 Å². The molecule has 0 aliphatic carbocycles. The van der Waals surface area contributed by atoms with Gasteiger partial charge in [0, 0.05) is 0 Å². The molecule has 1 rings (SSSR count).